The lowest BCUT2D eigenvalue weighted by Crippen LogP contribution is -2.24. The van der Waals surface area contributed by atoms with Crippen molar-refractivity contribution in [2.45, 2.75) is 30.8 Å². The normalized spacial score (nSPS) is 12.4. The summed E-state index contributed by atoms with van der Waals surface area (Å²) in [5.41, 5.74) is 1.12. The zero-order valence-corrected chi connectivity index (χ0v) is 15.6. The summed E-state index contributed by atoms with van der Waals surface area (Å²) in [6, 6.07) is 12.3. The molecule has 0 spiro atoms. The topological polar surface area (TPSA) is 104 Å². The Balaban J connectivity index is 1.89. The van der Waals surface area contributed by atoms with Gasteiger partial charge in [0.2, 0.25) is 15.8 Å². The summed E-state index contributed by atoms with van der Waals surface area (Å²) in [6.07, 6.45) is -0.519. The van der Waals surface area contributed by atoms with E-state index in [4.69, 9.17) is 21.5 Å². The fraction of sp³-hybridized carbons (Fsp3) is 0.222. The maximum atomic E-state index is 12.2. The average molecular weight is 396 g/mol. The van der Waals surface area contributed by atoms with E-state index in [1.54, 1.807) is 30.3 Å². The van der Waals surface area contributed by atoms with Crippen LogP contribution >= 0.6 is 11.6 Å². The first-order chi connectivity index (χ1) is 12.2. The van der Waals surface area contributed by atoms with Crippen molar-refractivity contribution in [2.75, 3.05) is 0 Å². The Labute approximate surface area is 157 Å². The van der Waals surface area contributed by atoms with E-state index < -0.39 is 22.1 Å². The predicted octanol–water partition coefficient (Wildman–Crippen LogP) is 2.73. The van der Waals surface area contributed by atoms with E-state index in [1.165, 1.54) is 25.1 Å². The van der Waals surface area contributed by atoms with Crippen LogP contribution in [-0.2, 0) is 26.0 Å². The molecule has 0 saturated carbocycles. The van der Waals surface area contributed by atoms with Crippen LogP contribution in [0.15, 0.2) is 53.4 Å². The molecule has 2 rings (SSSR count). The van der Waals surface area contributed by atoms with Crippen molar-refractivity contribution in [3.05, 3.63) is 64.7 Å². The first-order valence-electron chi connectivity index (χ1n) is 7.78. The van der Waals surface area contributed by atoms with Crippen LogP contribution in [0.1, 0.15) is 29.3 Å². The van der Waals surface area contributed by atoms with Crippen molar-refractivity contribution in [1.82, 2.24) is 0 Å². The summed E-state index contributed by atoms with van der Waals surface area (Å²) in [7, 11) is -3.74. The number of Topliss-reactive ketones (excluding diaryl/α,β-unsaturated/α-hetero) is 1. The van der Waals surface area contributed by atoms with Crippen LogP contribution in [0, 0.1) is 0 Å². The predicted molar refractivity (Wildman–Crippen MR) is 97.5 cm³/mol. The number of hydrogen-bond acceptors (Lipinski definition) is 5. The lowest BCUT2D eigenvalue weighted by atomic mass is 10.1. The largest absolute Gasteiger partial charge is 0.454 e. The molecule has 138 valence electrons. The van der Waals surface area contributed by atoms with Gasteiger partial charge in [0.15, 0.2) is 6.10 Å². The molecule has 0 aromatic heterocycles. The van der Waals surface area contributed by atoms with Gasteiger partial charge in [0.1, 0.15) is 0 Å². The number of nitrogens with two attached hydrogens (primary N) is 1. The first kappa shape index (κ1) is 20.1. The zero-order valence-electron chi connectivity index (χ0n) is 14.0. The fourth-order valence-electron chi connectivity index (χ4n) is 2.28. The smallest absolute Gasteiger partial charge is 0.306 e. The van der Waals surface area contributed by atoms with Crippen molar-refractivity contribution in [3.8, 4) is 0 Å². The van der Waals surface area contributed by atoms with E-state index in [0.717, 1.165) is 5.56 Å². The molecule has 0 aliphatic heterocycles. The third kappa shape index (κ3) is 5.66. The minimum atomic E-state index is -3.74. The fourth-order valence-corrected chi connectivity index (χ4v) is 2.98. The molecule has 0 radical (unpaired) electrons. The molecular weight excluding hydrogens is 378 g/mol. The van der Waals surface area contributed by atoms with Crippen molar-refractivity contribution in [2.24, 2.45) is 5.14 Å². The van der Waals surface area contributed by atoms with Crippen LogP contribution in [0.2, 0.25) is 5.02 Å². The first-order valence-corrected chi connectivity index (χ1v) is 9.70. The van der Waals surface area contributed by atoms with Gasteiger partial charge in [-0.2, -0.15) is 0 Å². The molecule has 0 fully saturated rings. The number of rotatable bonds is 7. The van der Waals surface area contributed by atoms with Crippen LogP contribution in [-0.4, -0.2) is 26.3 Å². The lowest BCUT2D eigenvalue weighted by Gasteiger charge is -2.12. The second-order valence-corrected chi connectivity index (χ2v) is 7.69. The number of benzene rings is 2. The summed E-state index contributed by atoms with van der Waals surface area (Å²) in [6.45, 7) is 1.50. The van der Waals surface area contributed by atoms with Gasteiger partial charge in [0.25, 0.3) is 0 Å². The van der Waals surface area contributed by atoms with Gasteiger partial charge in [-0.3, -0.25) is 9.59 Å². The second-order valence-electron chi connectivity index (χ2n) is 5.70. The number of sulfonamides is 1. The Bertz CT molecular complexity index is 909. The Morgan fingerprint density at radius 2 is 1.81 bits per heavy atom. The number of esters is 1. The van der Waals surface area contributed by atoms with E-state index in [0.29, 0.717) is 17.0 Å². The Morgan fingerprint density at radius 1 is 1.15 bits per heavy atom. The number of hydrogen-bond donors (Lipinski definition) is 1. The number of ether oxygens (including phenoxy) is 1. The number of halogens is 1. The molecule has 2 aromatic carbocycles. The standard InChI is InChI=1S/C18H18ClNO5S/c1-12(18(22)14-3-2-4-15(19)11-14)25-17(21)10-7-13-5-8-16(9-6-13)26(20,23)24/h2-6,8-9,11-12H,7,10H2,1H3,(H2,20,23,24). The van der Waals surface area contributed by atoms with Crippen molar-refractivity contribution < 1.29 is 22.7 Å². The third-order valence-electron chi connectivity index (χ3n) is 3.66. The van der Waals surface area contributed by atoms with Crippen LogP contribution in [0.25, 0.3) is 0 Å². The number of aryl methyl sites for hydroxylation is 1. The van der Waals surface area contributed by atoms with E-state index >= 15 is 0 Å². The van der Waals surface area contributed by atoms with Crippen molar-refractivity contribution >= 4 is 33.4 Å². The highest BCUT2D eigenvalue weighted by Gasteiger charge is 2.19. The maximum Gasteiger partial charge on any atom is 0.306 e. The quantitative estimate of drug-likeness (QED) is 0.573. The molecule has 0 amide bonds. The monoisotopic (exact) mass is 395 g/mol. The van der Waals surface area contributed by atoms with Crippen LogP contribution in [0.4, 0.5) is 0 Å². The molecule has 6 nitrogen and oxygen atoms in total. The van der Waals surface area contributed by atoms with E-state index in [1.807, 2.05) is 0 Å². The maximum absolute atomic E-state index is 12.2. The summed E-state index contributed by atoms with van der Waals surface area (Å²) in [5, 5.41) is 5.46. The molecule has 8 heteroatoms. The summed E-state index contributed by atoms with van der Waals surface area (Å²) >= 11 is 5.85. The summed E-state index contributed by atoms with van der Waals surface area (Å²) in [4.78, 5) is 24.2. The molecule has 0 aliphatic rings. The Kier molecular flexibility index (Phi) is 6.52. The molecule has 1 atom stereocenters. The van der Waals surface area contributed by atoms with Crippen LogP contribution in [0.5, 0.6) is 0 Å². The Morgan fingerprint density at radius 3 is 2.38 bits per heavy atom. The third-order valence-corrected chi connectivity index (χ3v) is 4.82. The summed E-state index contributed by atoms with van der Waals surface area (Å²) in [5.74, 6) is -0.859. The van der Waals surface area contributed by atoms with E-state index in [-0.39, 0.29) is 17.1 Å². The minimum absolute atomic E-state index is 0.00423. The second kappa shape index (κ2) is 8.44. The zero-order chi connectivity index (χ0) is 19.3. The number of primary sulfonamides is 1. The van der Waals surface area contributed by atoms with Crippen LogP contribution in [0.3, 0.4) is 0 Å². The van der Waals surface area contributed by atoms with E-state index in [9.17, 15) is 18.0 Å². The molecule has 0 aliphatic carbocycles. The molecule has 0 bridgehead atoms. The van der Waals surface area contributed by atoms with Gasteiger partial charge in [-0.15, -0.1) is 0 Å². The highest BCUT2D eigenvalue weighted by molar-refractivity contribution is 7.89. The molecule has 1 unspecified atom stereocenters. The molecule has 0 saturated heterocycles. The highest BCUT2D eigenvalue weighted by atomic mass is 35.5. The van der Waals surface area contributed by atoms with Crippen molar-refractivity contribution in [1.29, 1.82) is 0 Å². The Hall–Kier alpha value is -2.22. The highest BCUT2D eigenvalue weighted by Crippen LogP contribution is 2.15. The molecule has 26 heavy (non-hydrogen) atoms. The van der Waals surface area contributed by atoms with Crippen molar-refractivity contribution in [3.63, 3.8) is 0 Å². The SMILES string of the molecule is CC(OC(=O)CCc1ccc(S(N)(=O)=O)cc1)C(=O)c1cccc(Cl)c1. The molecule has 2 N–H and O–H groups in total. The molecule has 2 aromatic rings. The number of carbonyl (C=O) groups is 2. The van der Waals surface area contributed by atoms with Crippen LogP contribution < -0.4 is 5.14 Å². The van der Waals surface area contributed by atoms with Gasteiger partial charge in [0.05, 0.1) is 4.90 Å². The van der Waals surface area contributed by atoms with Gasteiger partial charge in [-0.25, -0.2) is 13.6 Å². The van der Waals surface area contributed by atoms with Gasteiger partial charge in [0, 0.05) is 17.0 Å². The van der Waals surface area contributed by atoms with Gasteiger partial charge in [-0.1, -0.05) is 35.9 Å². The summed E-state index contributed by atoms with van der Waals surface area (Å²) < 4.78 is 27.6. The lowest BCUT2D eigenvalue weighted by molar-refractivity contribution is -0.146. The molecule has 0 heterocycles. The number of carbonyl (C=O) groups excluding carboxylic acids is 2. The van der Waals surface area contributed by atoms with Gasteiger partial charge in [-0.05, 0) is 43.2 Å². The van der Waals surface area contributed by atoms with Gasteiger partial charge < -0.3 is 4.74 Å². The van der Waals surface area contributed by atoms with E-state index in [2.05, 4.69) is 0 Å². The minimum Gasteiger partial charge on any atom is -0.454 e. The molecular formula is C18H18ClNO5S. The number of ketones is 1. The van der Waals surface area contributed by atoms with Gasteiger partial charge >= 0.3 is 5.97 Å². The average Bonchev–Trinajstić information content (AvgIpc) is 2.59.